The number of nitrogens with zero attached hydrogens (tertiary/aromatic N) is 2. The zero-order valence-corrected chi connectivity index (χ0v) is 22.6. The molecule has 37 heavy (non-hydrogen) atoms. The van der Waals surface area contributed by atoms with Crippen molar-refractivity contribution in [2.75, 3.05) is 30.2 Å². The molecule has 0 heterocycles. The summed E-state index contributed by atoms with van der Waals surface area (Å²) < 4.78 is 52.7. The first-order valence-corrected chi connectivity index (χ1v) is 14.5. The summed E-state index contributed by atoms with van der Waals surface area (Å²) in [6, 6.07) is 11.9. The summed E-state index contributed by atoms with van der Waals surface area (Å²) in [6.07, 6.45) is 3.87. The lowest BCUT2D eigenvalue weighted by Crippen LogP contribution is -2.50. The predicted molar refractivity (Wildman–Crippen MR) is 142 cm³/mol. The molecule has 0 aliphatic heterocycles. The Balaban J connectivity index is 2.15. The van der Waals surface area contributed by atoms with E-state index in [0.717, 1.165) is 41.1 Å². The number of hydrogen-bond acceptors (Lipinski definition) is 4. The van der Waals surface area contributed by atoms with Gasteiger partial charge >= 0.3 is 0 Å². The fraction of sp³-hybridized carbons (Fsp3) is 0.481. The number of nitrogens with one attached hydrogen (secondary N) is 1. The Morgan fingerprint density at radius 3 is 2.27 bits per heavy atom. The number of rotatable bonds is 15. The lowest BCUT2D eigenvalue weighted by atomic mass is 10.1. The standard InChI is InChI=1S/C27H37F2N3O4S/c1-4-6-17-30-27(34)25(5-2)31(19-16-21-11-8-7-9-12-21)26(33)13-10-18-32(37(3,35)36)22-14-15-23(28)24(29)20-22/h7-9,11-12,14-15,20,25H,4-6,10,13,16-19H2,1-3H3,(H,30,34)/t25-/m0/s1. The van der Waals surface area contributed by atoms with Crippen molar-refractivity contribution in [2.45, 2.75) is 58.4 Å². The van der Waals surface area contributed by atoms with E-state index in [-0.39, 0.29) is 36.9 Å². The minimum absolute atomic E-state index is 0.0107. The molecule has 7 nitrogen and oxygen atoms in total. The maximum Gasteiger partial charge on any atom is 0.242 e. The van der Waals surface area contributed by atoms with Gasteiger partial charge in [-0.2, -0.15) is 0 Å². The van der Waals surface area contributed by atoms with Crippen LogP contribution in [0.5, 0.6) is 0 Å². The fourth-order valence-corrected chi connectivity index (χ4v) is 5.00. The first-order chi connectivity index (χ1) is 17.6. The molecule has 0 aromatic heterocycles. The number of hydrogen-bond donors (Lipinski definition) is 1. The summed E-state index contributed by atoms with van der Waals surface area (Å²) in [6.45, 7) is 4.65. The quantitative estimate of drug-likeness (QED) is 0.344. The average molecular weight is 538 g/mol. The number of unbranched alkanes of at least 4 members (excludes halogenated alkanes) is 1. The van der Waals surface area contributed by atoms with E-state index in [9.17, 15) is 26.8 Å². The fourth-order valence-electron chi connectivity index (χ4n) is 4.05. The zero-order chi connectivity index (χ0) is 27.4. The first kappa shape index (κ1) is 30.2. The molecule has 0 aliphatic carbocycles. The Morgan fingerprint density at radius 1 is 0.973 bits per heavy atom. The highest BCUT2D eigenvalue weighted by molar-refractivity contribution is 7.92. The van der Waals surface area contributed by atoms with Crippen LogP contribution in [-0.2, 0) is 26.0 Å². The third kappa shape index (κ3) is 9.42. The molecule has 0 radical (unpaired) electrons. The van der Waals surface area contributed by atoms with Gasteiger partial charge in [0.15, 0.2) is 11.6 Å². The monoisotopic (exact) mass is 537 g/mol. The van der Waals surface area contributed by atoms with Gasteiger partial charge in [0.1, 0.15) is 6.04 Å². The third-order valence-corrected chi connectivity index (χ3v) is 7.24. The smallest absolute Gasteiger partial charge is 0.242 e. The van der Waals surface area contributed by atoms with Gasteiger partial charge in [0, 0.05) is 32.1 Å². The van der Waals surface area contributed by atoms with E-state index in [0.29, 0.717) is 25.9 Å². The van der Waals surface area contributed by atoms with Crippen molar-refractivity contribution >= 4 is 27.5 Å². The highest BCUT2D eigenvalue weighted by Crippen LogP contribution is 2.21. The van der Waals surface area contributed by atoms with Crippen molar-refractivity contribution in [1.82, 2.24) is 10.2 Å². The van der Waals surface area contributed by atoms with Crippen LogP contribution in [0.4, 0.5) is 14.5 Å². The van der Waals surface area contributed by atoms with Crippen molar-refractivity contribution in [3.63, 3.8) is 0 Å². The molecule has 2 rings (SSSR count). The van der Waals surface area contributed by atoms with Crippen molar-refractivity contribution < 1.29 is 26.8 Å². The summed E-state index contributed by atoms with van der Waals surface area (Å²) in [7, 11) is -3.80. The number of carbonyl (C=O) groups excluding carboxylic acids is 2. The van der Waals surface area contributed by atoms with Crippen LogP contribution in [0.25, 0.3) is 0 Å². The molecule has 1 atom stereocenters. The van der Waals surface area contributed by atoms with E-state index >= 15 is 0 Å². The van der Waals surface area contributed by atoms with Gasteiger partial charge < -0.3 is 10.2 Å². The second-order valence-electron chi connectivity index (χ2n) is 8.93. The summed E-state index contributed by atoms with van der Waals surface area (Å²) in [4.78, 5) is 27.8. The summed E-state index contributed by atoms with van der Waals surface area (Å²) >= 11 is 0. The van der Waals surface area contributed by atoms with E-state index in [4.69, 9.17) is 0 Å². The topological polar surface area (TPSA) is 86.8 Å². The SMILES string of the molecule is CCCCNC(=O)[C@H](CC)N(CCc1ccccc1)C(=O)CCCN(c1ccc(F)c(F)c1)S(C)(=O)=O. The van der Waals surface area contributed by atoms with Gasteiger partial charge in [-0.05, 0) is 43.4 Å². The molecular formula is C27H37F2N3O4S. The van der Waals surface area contributed by atoms with Crippen molar-refractivity contribution in [3.8, 4) is 0 Å². The lowest BCUT2D eigenvalue weighted by Gasteiger charge is -2.31. The number of benzene rings is 2. The molecule has 0 fully saturated rings. The maximum absolute atomic E-state index is 13.7. The van der Waals surface area contributed by atoms with E-state index in [1.54, 1.807) is 4.90 Å². The predicted octanol–water partition coefficient (Wildman–Crippen LogP) is 4.28. The van der Waals surface area contributed by atoms with E-state index in [1.807, 2.05) is 44.2 Å². The van der Waals surface area contributed by atoms with Crippen LogP contribution in [0.2, 0.25) is 0 Å². The molecule has 2 aromatic rings. The Morgan fingerprint density at radius 2 is 1.68 bits per heavy atom. The second-order valence-corrected chi connectivity index (χ2v) is 10.8. The van der Waals surface area contributed by atoms with E-state index < -0.39 is 27.7 Å². The van der Waals surface area contributed by atoms with Gasteiger partial charge in [0.2, 0.25) is 21.8 Å². The molecule has 10 heteroatoms. The minimum atomic E-state index is -3.80. The summed E-state index contributed by atoms with van der Waals surface area (Å²) in [5.41, 5.74) is 1.01. The molecule has 0 unspecified atom stereocenters. The van der Waals surface area contributed by atoms with Gasteiger partial charge in [0.25, 0.3) is 0 Å². The lowest BCUT2D eigenvalue weighted by molar-refractivity contribution is -0.140. The van der Waals surface area contributed by atoms with Crippen molar-refractivity contribution in [2.24, 2.45) is 0 Å². The van der Waals surface area contributed by atoms with Gasteiger partial charge in [-0.3, -0.25) is 13.9 Å². The molecule has 0 aliphatic rings. The molecule has 204 valence electrons. The zero-order valence-electron chi connectivity index (χ0n) is 21.8. The van der Waals surface area contributed by atoms with E-state index in [1.165, 1.54) is 6.07 Å². The molecule has 2 aromatic carbocycles. The van der Waals surface area contributed by atoms with Crippen LogP contribution in [0, 0.1) is 11.6 Å². The molecule has 0 saturated carbocycles. The summed E-state index contributed by atoms with van der Waals surface area (Å²) in [5, 5.41) is 2.91. The number of halogens is 2. The largest absolute Gasteiger partial charge is 0.354 e. The van der Waals surface area contributed by atoms with Crippen LogP contribution in [0.3, 0.4) is 0 Å². The number of carbonyl (C=O) groups is 2. The Kier molecular flexibility index (Phi) is 12.0. The first-order valence-electron chi connectivity index (χ1n) is 12.6. The van der Waals surface area contributed by atoms with Crippen LogP contribution in [0.15, 0.2) is 48.5 Å². The molecular weight excluding hydrogens is 500 g/mol. The van der Waals surface area contributed by atoms with Crippen LogP contribution in [-0.4, -0.2) is 57.1 Å². The second kappa shape index (κ2) is 14.7. The molecule has 2 amide bonds. The van der Waals surface area contributed by atoms with Crippen LogP contribution in [0.1, 0.15) is 51.5 Å². The van der Waals surface area contributed by atoms with Crippen molar-refractivity contribution in [1.29, 1.82) is 0 Å². The Bertz CT molecular complexity index is 1130. The Labute approximate surface area is 218 Å². The maximum atomic E-state index is 13.7. The number of sulfonamides is 1. The van der Waals surface area contributed by atoms with E-state index in [2.05, 4.69) is 5.32 Å². The Hall–Kier alpha value is -3.01. The molecule has 1 N–H and O–H groups in total. The normalized spacial score (nSPS) is 12.1. The molecule has 0 bridgehead atoms. The van der Waals surface area contributed by atoms with Gasteiger partial charge in [0.05, 0.1) is 11.9 Å². The average Bonchev–Trinajstić information content (AvgIpc) is 2.86. The highest BCUT2D eigenvalue weighted by atomic mass is 32.2. The van der Waals surface area contributed by atoms with Crippen LogP contribution >= 0.6 is 0 Å². The molecule has 0 saturated heterocycles. The third-order valence-electron chi connectivity index (χ3n) is 6.04. The summed E-state index contributed by atoms with van der Waals surface area (Å²) in [5.74, 6) is -2.72. The number of anilines is 1. The van der Waals surface area contributed by atoms with Crippen molar-refractivity contribution in [3.05, 3.63) is 65.7 Å². The van der Waals surface area contributed by atoms with Crippen LogP contribution < -0.4 is 9.62 Å². The van der Waals surface area contributed by atoms with Gasteiger partial charge in [-0.1, -0.05) is 50.6 Å². The minimum Gasteiger partial charge on any atom is -0.354 e. The molecule has 0 spiro atoms. The highest BCUT2D eigenvalue weighted by Gasteiger charge is 2.28. The van der Waals surface area contributed by atoms with Gasteiger partial charge in [-0.25, -0.2) is 17.2 Å². The number of amides is 2. The van der Waals surface area contributed by atoms with Gasteiger partial charge in [-0.15, -0.1) is 0 Å².